The lowest BCUT2D eigenvalue weighted by Gasteiger charge is -2.35. The van der Waals surface area contributed by atoms with Gasteiger partial charge in [0.2, 0.25) is 0 Å². The van der Waals surface area contributed by atoms with Crippen LogP contribution in [0.2, 0.25) is 0 Å². The zero-order valence-electron chi connectivity index (χ0n) is 16.4. The summed E-state index contributed by atoms with van der Waals surface area (Å²) in [6, 6.07) is 1.20. The van der Waals surface area contributed by atoms with Crippen molar-refractivity contribution in [2.75, 3.05) is 14.2 Å². The van der Waals surface area contributed by atoms with Gasteiger partial charge in [0.1, 0.15) is 17.5 Å². The summed E-state index contributed by atoms with van der Waals surface area (Å²) in [4.78, 5) is 31.2. The Morgan fingerprint density at radius 3 is 2.13 bits per heavy atom. The van der Waals surface area contributed by atoms with Crippen LogP contribution in [0.4, 0.5) is 4.79 Å². The van der Waals surface area contributed by atoms with Crippen molar-refractivity contribution in [3.63, 3.8) is 0 Å². The van der Waals surface area contributed by atoms with Crippen LogP contribution in [0.25, 0.3) is 0 Å². The van der Waals surface area contributed by atoms with E-state index < -0.39 is 35.4 Å². The van der Waals surface area contributed by atoms with E-state index in [0.717, 1.165) is 6.07 Å². The van der Waals surface area contributed by atoms with Crippen LogP contribution in [-0.4, -0.2) is 58.7 Å². The van der Waals surface area contributed by atoms with E-state index in [0.29, 0.717) is 4.47 Å². The maximum absolute atomic E-state index is 11.7. The van der Waals surface area contributed by atoms with Gasteiger partial charge in [0.05, 0.1) is 24.3 Å². The second-order valence-electron chi connectivity index (χ2n) is 6.27. The van der Waals surface area contributed by atoms with Crippen LogP contribution in [0.15, 0.2) is 16.6 Å². The van der Waals surface area contributed by atoms with Crippen molar-refractivity contribution in [1.82, 2.24) is 5.32 Å². The lowest BCUT2D eigenvalue weighted by molar-refractivity contribution is -0.457. The summed E-state index contributed by atoms with van der Waals surface area (Å²) in [5.74, 6) is -8.78. The summed E-state index contributed by atoms with van der Waals surface area (Å²) in [7, 11) is 2.45. The minimum atomic E-state index is -3.74. The number of methoxy groups -OCH3 is 2. The van der Waals surface area contributed by atoms with E-state index in [1.54, 1.807) is 13.8 Å². The molecule has 0 bridgehead atoms. The number of nitrogens with one attached hydrogen (secondary N) is 1. The van der Waals surface area contributed by atoms with Gasteiger partial charge >= 0.3 is 18.0 Å². The molecule has 1 aromatic rings. The molecule has 0 aliphatic carbocycles. The Hall–Kier alpha value is -2.20. The molecule has 0 saturated carbocycles. The minimum absolute atomic E-state index is 0.0772. The smallest absolute Gasteiger partial charge is 0.447 e. The largest absolute Gasteiger partial charge is 0.496 e. The van der Waals surface area contributed by atoms with E-state index in [4.69, 9.17) is 15.2 Å². The molecule has 0 fully saturated rings. The van der Waals surface area contributed by atoms with Crippen molar-refractivity contribution in [2.24, 2.45) is 11.7 Å². The number of benzene rings is 1. The topological polar surface area (TPSA) is 199 Å². The molecular weight excluding hydrogens is 476 g/mol. The van der Waals surface area contributed by atoms with E-state index in [-0.39, 0.29) is 17.4 Å². The van der Waals surface area contributed by atoms with Gasteiger partial charge in [0, 0.05) is 5.04 Å². The first-order chi connectivity index (χ1) is 13.8. The zero-order chi connectivity index (χ0) is 23.3. The minimum Gasteiger partial charge on any atom is -0.496 e. The molecule has 1 amide bonds. The Labute approximate surface area is 179 Å². The van der Waals surface area contributed by atoms with Crippen LogP contribution in [0, 0.1) is 5.92 Å². The fourth-order valence-electron chi connectivity index (χ4n) is 1.98. The van der Waals surface area contributed by atoms with E-state index >= 15 is 0 Å². The number of carbonyl (C=O) groups is 2. The normalized spacial score (nSPS) is 12.9. The van der Waals surface area contributed by atoms with E-state index in [1.807, 2.05) is 0 Å². The second kappa shape index (κ2) is 10.2. The molecule has 1 aromatic carbocycles. The molecule has 0 spiro atoms. The van der Waals surface area contributed by atoms with Gasteiger partial charge in [-0.3, -0.25) is 10.2 Å². The molecule has 0 aliphatic heterocycles. The van der Waals surface area contributed by atoms with Crippen LogP contribution in [0.5, 0.6) is 11.5 Å². The standard InChI is InChI=1S/C16H23BrN2O11/c1-7(2)12(18)13(20)28-30-29-14(21)19-16(24,25)15(22,23)8-5-11(27-4)9(17)6-10(8)26-3/h5-7,12,22-25H,18H2,1-4H3,(H,19,21). The van der Waals surface area contributed by atoms with Crippen LogP contribution in [0.1, 0.15) is 19.4 Å². The van der Waals surface area contributed by atoms with Gasteiger partial charge in [-0.25, -0.2) is 14.5 Å². The highest BCUT2D eigenvalue weighted by atomic mass is 79.9. The van der Waals surface area contributed by atoms with E-state index in [1.165, 1.54) is 25.6 Å². The second-order valence-corrected chi connectivity index (χ2v) is 7.12. The predicted octanol–water partition coefficient (Wildman–Crippen LogP) is -0.659. The fourth-order valence-corrected chi connectivity index (χ4v) is 2.46. The number of hydrogen-bond acceptors (Lipinski definition) is 12. The molecule has 30 heavy (non-hydrogen) atoms. The van der Waals surface area contributed by atoms with Gasteiger partial charge in [-0.05, 0) is 34.0 Å². The Balaban J connectivity index is 2.92. The molecule has 0 aromatic heterocycles. The summed E-state index contributed by atoms with van der Waals surface area (Å²) in [6.45, 7) is 3.25. The number of carbonyl (C=O) groups excluding carboxylic acids is 2. The first-order valence-electron chi connectivity index (χ1n) is 8.22. The summed E-state index contributed by atoms with van der Waals surface area (Å²) in [5.41, 5.74) is 4.89. The highest BCUT2D eigenvalue weighted by Crippen LogP contribution is 2.40. The summed E-state index contributed by atoms with van der Waals surface area (Å²) in [6.07, 6.45) is -1.76. The van der Waals surface area contributed by atoms with Gasteiger partial charge in [0.15, 0.2) is 0 Å². The molecule has 0 radical (unpaired) electrons. The van der Waals surface area contributed by atoms with E-state index in [9.17, 15) is 30.0 Å². The highest BCUT2D eigenvalue weighted by Gasteiger charge is 2.53. The summed E-state index contributed by atoms with van der Waals surface area (Å²) in [5, 5.41) is 46.0. The Bertz CT molecular complexity index is 770. The molecular formula is C16H23BrN2O11. The fraction of sp³-hybridized carbons (Fsp3) is 0.500. The van der Waals surface area contributed by atoms with Gasteiger partial charge in [-0.2, -0.15) is 0 Å². The average molecular weight is 499 g/mol. The van der Waals surface area contributed by atoms with Crippen molar-refractivity contribution in [2.45, 2.75) is 31.6 Å². The quantitative estimate of drug-likeness (QED) is 0.143. The Morgan fingerprint density at radius 2 is 1.63 bits per heavy atom. The van der Waals surface area contributed by atoms with Crippen molar-refractivity contribution >= 4 is 28.0 Å². The molecule has 1 atom stereocenters. The molecule has 0 heterocycles. The monoisotopic (exact) mass is 498 g/mol. The first-order valence-corrected chi connectivity index (χ1v) is 9.02. The van der Waals surface area contributed by atoms with Gasteiger partial charge in [-0.1, -0.05) is 13.8 Å². The summed E-state index contributed by atoms with van der Waals surface area (Å²) < 4.78 is 10.3. The van der Waals surface area contributed by atoms with Crippen LogP contribution in [0.3, 0.4) is 0 Å². The Kier molecular flexibility index (Phi) is 8.79. The molecule has 170 valence electrons. The highest BCUT2D eigenvalue weighted by molar-refractivity contribution is 9.10. The van der Waals surface area contributed by atoms with E-state index in [2.05, 4.69) is 30.7 Å². The predicted molar refractivity (Wildman–Crippen MR) is 100 cm³/mol. The lowest BCUT2D eigenvalue weighted by atomic mass is 10.0. The van der Waals surface area contributed by atoms with Crippen molar-refractivity contribution < 1.29 is 54.3 Å². The maximum Gasteiger partial charge on any atom is 0.447 e. The number of hydrogen-bond donors (Lipinski definition) is 6. The van der Waals surface area contributed by atoms with Crippen LogP contribution in [-0.2, 0) is 25.4 Å². The van der Waals surface area contributed by atoms with Crippen molar-refractivity contribution in [1.29, 1.82) is 0 Å². The van der Waals surface area contributed by atoms with Gasteiger partial charge in [-0.15, -0.1) is 0 Å². The van der Waals surface area contributed by atoms with Crippen molar-refractivity contribution in [3.05, 3.63) is 22.2 Å². The molecule has 13 nitrogen and oxygen atoms in total. The number of ether oxygens (including phenoxy) is 2. The number of nitrogens with two attached hydrogens (primary N) is 1. The van der Waals surface area contributed by atoms with Crippen molar-refractivity contribution in [3.8, 4) is 11.5 Å². The molecule has 1 rings (SSSR count). The SMILES string of the molecule is COc1cc(C(O)(O)C(O)(O)NC(=O)OOOC(=O)C(N)C(C)C)c(OC)cc1Br. The molecule has 0 aliphatic rings. The van der Waals surface area contributed by atoms with Gasteiger partial charge in [0.25, 0.3) is 5.79 Å². The number of amides is 1. The lowest BCUT2D eigenvalue weighted by Crippen LogP contribution is -2.63. The number of aliphatic hydroxyl groups is 4. The number of rotatable bonds is 9. The Morgan fingerprint density at radius 1 is 1.07 bits per heavy atom. The van der Waals surface area contributed by atoms with Crippen LogP contribution >= 0.6 is 15.9 Å². The third-order valence-electron chi connectivity index (χ3n) is 3.83. The van der Waals surface area contributed by atoms with Crippen LogP contribution < -0.4 is 20.5 Å². The summed E-state index contributed by atoms with van der Waals surface area (Å²) >= 11 is 3.15. The van der Waals surface area contributed by atoms with Gasteiger partial charge < -0.3 is 35.6 Å². The first kappa shape index (κ1) is 25.8. The molecule has 7 N–H and O–H groups in total. The zero-order valence-corrected chi connectivity index (χ0v) is 18.0. The average Bonchev–Trinajstić information content (AvgIpc) is 2.65. The maximum atomic E-state index is 11.7. The molecule has 14 heteroatoms. The third-order valence-corrected chi connectivity index (χ3v) is 4.45. The number of halogens is 1. The molecule has 1 unspecified atom stereocenters. The third kappa shape index (κ3) is 5.91. The molecule has 0 saturated heterocycles.